The molecular weight excluding hydrogens is 448 g/mol. The number of nitrogens with one attached hydrogen (secondary N) is 1. The van der Waals surface area contributed by atoms with Gasteiger partial charge < -0.3 is 14.8 Å². The number of carbonyl (C=O) groups excluding carboxylic acids is 2. The standard InChI is InChI=1S/C19H19Cl4NO4/c1-10-14(18(25)27-8-6-20)16(12-4-3-5-13(22)17(12)23)15(11(2)24-10)19(26)28-9-7-21/h3-5,16,24H,6-9H2,1-2H3. The summed E-state index contributed by atoms with van der Waals surface area (Å²) in [7, 11) is 0. The number of carbonyl (C=O) groups is 2. The number of benzene rings is 1. The number of dihydropyridines is 1. The average molecular weight is 467 g/mol. The number of esters is 2. The minimum absolute atomic E-state index is 0.0297. The van der Waals surface area contributed by atoms with Gasteiger partial charge in [-0.2, -0.15) is 0 Å². The molecule has 152 valence electrons. The fourth-order valence-corrected chi connectivity index (χ4v) is 3.58. The van der Waals surface area contributed by atoms with Gasteiger partial charge in [0.25, 0.3) is 0 Å². The molecular formula is C19H19Cl4NO4. The Hall–Kier alpha value is -1.40. The first-order chi connectivity index (χ1) is 13.3. The Morgan fingerprint density at radius 3 is 1.93 bits per heavy atom. The molecule has 0 spiro atoms. The Balaban J connectivity index is 2.63. The molecule has 5 nitrogen and oxygen atoms in total. The molecule has 28 heavy (non-hydrogen) atoms. The zero-order chi connectivity index (χ0) is 20.8. The van der Waals surface area contributed by atoms with Gasteiger partial charge in [-0.1, -0.05) is 35.3 Å². The predicted molar refractivity (Wildman–Crippen MR) is 111 cm³/mol. The molecule has 0 radical (unpaired) electrons. The predicted octanol–water partition coefficient (Wildman–Crippen LogP) is 4.79. The molecule has 0 atom stereocenters. The van der Waals surface area contributed by atoms with E-state index in [1.165, 1.54) is 0 Å². The molecule has 0 aliphatic carbocycles. The maximum atomic E-state index is 12.8. The van der Waals surface area contributed by atoms with Crippen molar-refractivity contribution < 1.29 is 19.1 Å². The molecule has 0 amide bonds. The van der Waals surface area contributed by atoms with E-state index in [4.69, 9.17) is 55.9 Å². The Bertz CT molecular complexity index is 793. The number of halogens is 4. The van der Waals surface area contributed by atoms with Crippen molar-refractivity contribution in [3.05, 3.63) is 56.3 Å². The zero-order valence-electron chi connectivity index (χ0n) is 15.3. The second-order valence-corrected chi connectivity index (χ2v) is 7.47. The first-order valence-corrected chi connectivity index (χ1v) is 10.2. The lowest BCUT2D eigenvalue weighted by atomic mass is 9.80. The molecule has 0 unspecified atom stereocenters. The van der Waals surface area contributed by atoms with Crippen LogP contribution in [-0.2, 0) is 19.1 Å². The third kappa shape index (κ3) is 4.95. The van der Waals surface area contributed by atoms with Crippen molar-refractivity contribution >= 4 is 58.3 Å². The molecule has 0 aromatic heterocycles. The summed E-state index contributed by atoms with van der Waals surface area (Å²) in [6, 6.07) is 5.02. The third-order valence-corrected chi connectivity index (χ3v) is 5.26. The second kappa shape index (κ2) is 10.4. The van der Waals surface area contributed by atoms with Crippen LogP contribution in [0.3, 0.4) is 0 Å². The molecule has 1 aliphatic rings. The summed E-state index contributed by atoms with van der Waals surface area (Å²) in [6.45, 7) is 3.49. The van der Waals surface area contributed by atoms with Crippen molar-refractivity contribution in [3.63, 3.8) is 0 Å². The molecule has 1 aromatic rings. The minimum atomic E-state index is -0.821. The van der Waals surface area contributed by atoms with E-state index >= 15 is 0 Å². The van der Waals surface area contributed by atoms with Crippen LogP contribution in [0.15, 0.2) is 40.7 Å². The van der Waals surface area contributed by atoms with Crippen molar-refractivity contribution in [2.45, 2.75) is 19.8 Å². The topological polar surface area (TPSA) is 64.6 Å². The minimum Gasteiger partial charge on any atom is -0.461 e. The number of ether oxygens (including phenoxy) is 2. The van der Waals surface area contributed by atoms with Gasteiger partial charge in [0.05, 0.1) is 38.9 Å². The van der Waals surface area contributed by atoms with E-state index in [0.717, 1.165) is 0 Å². The van der Waals surface area contributed by atoms with E-state index in [9.17, 15) is 9.59 Å². The normalized spacial score (nSPS) is 14.8. The molecule has 0 fully saturated rings. The van der Waals surface area contributed by atoms with E-state index in [1.807, 2.05) is 0 Å². The lowest BCUT2D eigenvalue weighted by Crippen LogP contribution is -2.33. The number of allylic oxidation sites excluding steroid dienone is 2. The van der Waals surface area contributed by atoms with Crippen molar-refractivity contribution in [2.75, 3.05) is 25.0 Å². The van der Waals surface area contributed by atoms with Gasteiger partial charge in [-0.15, -0.1) is 23.2 Å². The molecule has 1 aromatic carbocycles. The quantitative estimate of drug-likeness (QED) is 0.462. The van der Waals surface area contributed by atoms with Gasteiger partial charge >= 0.3 is 11.9 Å². The van der Waals surface area contributed by atoms with Crippen molar-refractivity contribution in [3.8, 4) is 0 Å². The fraction of sp³-hybridized carbons (Fsp3) is 0.368. The highest BCUT2D eigenvalue weighted by Gasteiger charge is 2.39. The van der Waals surface area contributed by atoms with E-state index in [0.29, 0.717) is 22.0 Å². The first kappa shape index (κ1) is 22.9. The fourth-order valence-electron chi connectivity index (χ4n) is 3.01. The van der Waals surface area contributed by atoms with Gasteiger partial charge in [-0.3, -0.25) is 0 Å². The van der Waals surface area contributed by atoms with Crippen LogP contribution in [0.4, 0.5) is 0 Å². The van der Waals surface area contributed by atoms with E-state index in [1.54, 1.807) is 32.0 Å². The number of rotatable bonds is 7. The van der Waals surface area contributed by atoms with Crippen LogP contribution in [0.5, 0.6) is 0 Å². The van der Waals surface area contributed by atoms with Crippen molar-refractivity contribution in [2.24, 2.45) is 0 Å². The number of hydrogen-bond donors (Lipinski definition) is 1. The highest BCUT2D eigenvalue weighted by Crippen LogP contribution is 2.43. The highest BCUT2D eigenvalue weighted by molar-refractivity contribution is 6.42. The molecule has 9 heteroatoms. The van der Waals surface area contributed by atoms with Crippen molar-refractivity contribution in [1.82, 2.24) is 5.32 Å². The second-order valence-electron chi connectivity index (χ2n) is 5.93. The molecule has 2 rings (SSSR count). The van der Waals surface area contributed by atoms with Crippen LogP contribution in [0, 0.1) is 0 Å². The molecule has 0 saturated carbocycles. The first-order valence-electron chi connectivity index (χ1n) is 8.42. The molecule has 0 saturated heterocycles. The number of hydrogen-bond acceptors (Lipinski definition) is 5. The van der Waals surface area contributed by atoms with Crippen LogP contribution in [0.2, 0.25) is 10.0 Å². The van der Waals surface area contributed by atoms with Gasteiger partial charge in [0, 0.05) is 11.4 Å². The number of alkyl halides is 2. The van der Waals surface area contributed by atoms with E-state index < -0.39 is 17.9 Å². The summed E-state index contributed by atoms with van der Waals surface area (Å²) < 4.78 is 10.5. The van der Waals surface area contributed by atoms with E-state index in [-0.39, 0.29) is 41.1 Å². The van der Waals surface area contributed by atoms with E-state index in [2.05, 4.69) is 5.32 Å². The van der Waals surface area contributed by atoms with Gasteiger partial charge in [-0.25, -0.2) is 9.59 Å². The Morgan fingerprint density at radius 2 is 1.46 bits per heavy atom. The summed E-state index contributed by atoms with van der Waals surface area (Å²) >= 11 is 23.9. The maximum absolute atomic E-state index is 12.8. The van der Waals surface area contributed by atoms with Crippen molar-refractivity contribution in [1.29, 1.82) is 0 Å². The summed E-state index contributed by atoms with van der Waals surface area (Å²) in [5.41, 5.74) is 2.03. The monoisotopic (exact) mass is 465 g/mol. The molecule has 0 bridgehead atoms. The van der Waals surface area contributed by atoms with Crippen LogP contribution < -0.4 is 5.32 Å². The molecule has 1 heterocycles. The van der Waals surface area contributed by atoms with Gasteiger partial charge in [0.1, 0.15) is 13.2 Å². The summed E-state index contributed by atoms with van der Waals surface area (Å²) in [5, 5.41) is 3.58. The molecule has 1 N–H and O–H groups in total. The van der Waals surface area contributed by atoms with Crippen LogP contribution in [0.1, 0.15) is 25.3 Å². The lowest BCUT2D eigenvalue weighted by Gasteiger charge is -2.31. The smallest absolute Gasteiger partial charge is 0.336 e. The van der Waals surface area contributed by atoms with Gasteiger partial charge in [0.15, 0.2) is 0 Å². The average Bonchev–Trinajstić information content (AvgIpc) is 2.65. The van der Waals surface area contributed by atoms with Crippen LogP contribution >= 0.6 is 46.4 Å². The Labute approximate surface area is 183 Å². The highest BCUT2D eigenvalue weighted by atomic mass is 35.5. The lowest BCUT2D eigenvalue weighted by molar-refractivity contribution is -0.139. The summed E-state index contributed by atoms with van der Waals surface area (Å²) in [5.74, 6) is -1.75. The maximum Gasteiger partial charge on any atom is 0.336 e. The van der Waals surface area contributed by atoms with Gasteiger partial charge in [0.2, 0.25) is 0 Å². The zero-order valence-corrected chi connectivity index (χ0v) is 18.3. The Kier molecular flexibility index (Phi) is 8.50. The third-order valence-electron chi connectivity index (χ3n) is 4.11. The van der Waals surface area contributed by atoms with Gasteiger partial charge in [-0.05, 0) is 25.5 Å². The van der Waals surface area contributed by atoms with Crippen LogP contribution in [0.25, 0.3) is 0 Å². The summed E-state index contributed by atoms with van der Waals surface area (Å²) in [4.78, 5) is 25.6. The Morgan fingerprint density at radius 1 is 0.964 bits per heavy atom. The summed E-state index contributed by atoms with van der Waals surface area (Å²) in [6.07, 6.45) is 0. The van der Waals surface area contributed by atoms with Crippen LogP contribution in [-0.4, -0.2) is 36.9 Å². The SMILES string of the molecule is CC1=C(C(=O)OCCCl)C(c2cccc(Cl)c2Cl)C(C(=O)OCCCl)=C(C)N1. The molecule has 1 aliphatic heterocycles. The largest absolute Gasteiger partial charge is 0.461 e.